The van der Waals surface area contributed by atoms with Gasteiger partial charge in [-0.15, -0.1) is 0 Å². The monoisotopic (exact) mass is 276 g/mol. The van der Waals surface area contributed by atoms with Gasteiger partial charge >= 0.3 is 0 Å². The number of ether oxygens (including phenoxy) is 3. The van der Waals surface area contributed by atoms with Crippen LogP contribution in [0.4, 0.5) is 0 Å². The van der Waals surface area contributed by atoms with E-state index < -0.39 is 11.9 Å². The van der Waals surface area contributed by atoms with Gasteiger partial charge in [-0.3, -0.25) is 0 Å². The summed E-state index contributed by atoms with van der Waals surface area (Å²) in [6, 6.07) is 10.0. The fourth-order valence-corrected chi connectivity index (χ4v) is 2.73. The molecule has 0 saturated carbocycles. The zero-order chi connectivity index (χ0) is 14.2. The summed E-state index contributed by atoms with van der Waals surface area (Å²) in [5.74, 6) is -0.644. The summed E-state index contributed by atoms with van der Waals surface area (Å²) >= 11 is 0. The molecule has 1 aliphatic heterocycles. The molecule has 2 aliphatic rings. The molecule has 1 aromatic rings. The second kappa shape index (κ2) is 5.30. The Labute approximate surface area is 119 Å². The Balaban J connectivity index is 1.57. The lowest BCUT2D eigenvalue weighted by atomic mass is 10.1. The van der Waals surface area contributed by atoms with E-state index in [-0.39, 0.29) is 12.2 Å². The van der Waals surface area contributed by atoms with Crippen molar-refractivity contribution in [1.82, 2.24) is 0 Å². The van der Waals surface area contributed by atoms with Gasteiger partial charge in [0.1, 0.15) is 18.3 Å². The molecule has 0 spiro atoms. The van der Waals surface area contributed by atoms with E-state index in [0.29, 0.717) is 13.2 Å². The molecule has 0 amide bonds. The van der Waals surface area contributed by atoms with Crippen molar-refractivity contribution in [2.75, 3.05) is 6.61 Å². The lowest BCUT2D eigenvalue weighted by Crippen LogP contribution is -2.29. The van der Waals surface area contributed by atoms with Crippen LogP contribution in [0.2, 0.25) is 0 Å². The van der Waals surface area contributed by atoms with Crippen molar-refractivity contribution in [3.05, 3.63) is 47.5 Å². The van der Waals surface area contributed by atoms with Gasteiger partial charge in [-0.2, -0.15) is 0 Å². The molecule has 108 valence electrons. The number of aliphatic hydroxyl groups excluding tert-OH is 1. The molecule has 0 bridgehead atoms. The fourth-order valence-electron chi connectivity index (χ4n) is 2.73. The second-order valence-electron chi connectivity index (χ2n) is 5.73. The van der Waals surface area contributed by atoms with Crippen LogP contribution in [-0.2, 0) is 20.8 Å². The molecule has 1 N–H and O–H groups in total. The van der Waals surface area contributed by atoms with Crippen LogP contribution in [0.3, 0.4) is 0 Å². The van der Waals surface area contributed by atoms with E-state index in [4.69, 9.17) is 14.2 Å². The first-order chi connectivity index (χ1) is 9.55. The first-order valence-corrected chi connectivity index (χ1v) is 6.91. The second-order valence-corrected chi connectivity index (χ2v) is 5.73. The van der Waals surface area contributed by atoms with Crippen LogP contribution >= 0.6 is 0 Å². The van der Waals surface area contributed by atoms with E-state index in [2.05, 4.69) is 0 Å². The summed E-state index contributed by atoms with van der Waals surface area (Å²) in [6.45, 7) is 4.73. The number of fused-ring (bicyclic) bond motifs is 1. The maximum absolute atomic E-state index is 9.98. The van der Waals surface area contributed by atoms with Gasteiger partial charge in [0.2, 0.25) is 0 Å². The Morgan fingerprint density at radius 1 is 1.15 bits per heavy atom. The molecule has 1 aromatic carbocycles. The maximum atomic E-state index is 9.98. The average molecular weight is 276 g/mol. The summed E-state index contributed by atoms with van der Waals surface area (Å²) in [6.07, 6.45) is 0.670. The predicted octanol–water partition coefficient (Wildman–Crippen LogP) is 2.02. The average Bonchev–Trinajstić information content (AvgIpc) is 2.87. The summed E-state index contributed by atoms with van der Waals surface area (Å²) in [4.78, 5) is 0. The fraction of sp³-hybridized carbons (Fsp3) is 0.500. The number of hydrogen-bond donors (Lipinski definition) is 1. The smallest absolute Gasteiger partial charge is 0.164 e. The van der Waals surface area contributed by atoms with Gasteiger partial charge in [-0.1, -0.05) is 30.3 Å². The van der Waals surface area contributed by atoms with Crippen molar-refractivity contribution in [3.63, 3.8) is 0 Å². The molecular weight excluding hydrogens is 256 g/mol. The lowest BCUT2D eigenvalue weighted by Gasteiger charge is -2.19. The van der Waals surface area contributed by atoms with Crippen LogP contribution in [0, 0.1) is 0 Å². The largest absolute Gasteiger partial charge is 0.386 e. The van der Waals surface area contributed by atoms with Gasteiger partial charge in [0.05, 0.1) is 13.2 Å². The minimum absolute atomic E-state index is 0.198. The lowest BCUT2D eigenvalue weighted by molar-refractivity contribution is -0.153. The molecule has 20 heavy (non-hydrogen) atoms. The molecule has 1 saturated heterocycles. The number of benzene rings is 1. The predicted molar refractivity (Wildman–Crippen MR) is 74.0 cm³/mol. The van der Waals surface area contributed by atoms with E-state index in [1.807, 2.05) is 44.2 Å². The van der Waals surface area contributed by atoms with Gasteiger partial charge in [0.15, 0.2) is 5.79 Å². The first-order valence-electron chi connectivity index (χ1n) is 6.91. The van der Waals surface area contributed by atoms with Crippen LogP contribution in [0.15, 0.2) is 42.0 Å². The molecule has 0 aromatic heterocycles. The summed E-state index contributed by atoms with van der Waals surface area (Å²) in [7, 11) is 0. The molecular formula is C16H20O4. The minimum Gasteiger partial charge on any atom is -0.386 e. The highest BCUT2D eigenvalue weighted by Crippen LogP contribution is 2.38. The molecule has 0 radical (unpaired) electrons. The summed E-state index contributed by atoms with van der Waals surface area (Å²) in [5, 5.41) is 9.98. The number of rotatable bonds is 4. The van der Waals surface area contributed by atoms with Crippen molar-refractivity contribution in [1.29, 1.82) is 0 Å². The molecule has 3 atom stereocenters. The third-order valence-corrected chi connectivity index (χ3v) is 3.60. The van der Waals surface area contributed by atoms with Crippen molar-refractivity contribution < 1.29 is 19.3 Å². The minimum atomic E-state index is -0.644. The topological polar surface area (TPSA) is 47.9 Å². The zero-order valence-corrected chi connectivity index (χ0v) is 11.8. The quantitative estimate of drug-likeness (QED) is 0.855. The van der Waals surface area contributed by atoms with Crippen molar-refractivity contribution in [3.8, 4) is 0 Å². The van der Waals surface area contributed by atoms with E-state index in [1.54, 1.807) is 6.08 Å². The van der Waals surface area contributed by atoms with Crippen LogP contribution in [0.5, 0.6) is 0 Å². The molecule has 1 heterocycles. The zero-order valence-electron chi connectivity index (χ0n) is 11.8. The molecule has 4 nitrogen and oxygen atoms in total. The first kappa shape index (κ1) is 13.8. The maximum Gasteiger partial charge on any atom is 0.164 e. The van der Waals surface area contributed by atoms with E-state index >= 15 is 0 Å². The SMILES string of the molecule is CC1(C)O[C@@H]2[C@H](O1)C(COCc1ccccc1)=C[C@@H]2O. The van der Waals surface area contributed by atoms with Gasteiger partial charge < -0.3 is 19.3 Å². The normalized spacial score (nSPS) is 31.1. The van der Waals surface area contributed by atoms with Gasteiger partial charge in [0, 0.05) is 0 Å². The molecule has 3 rings (SSSR count). The molecule has 1 aliphatic carbocycles. The van der Waals surface area contributed by atoms with Crippen LogP contribution < -0.4 is 0 Å². The van der Waals surface area contributed by atoms with Gasteiger partial charge in [-0.25, -0.2) is 0 Å². The number of hydrogen-bond acceptors (Lipinski definition) is 4. The van der Waals surface area contributed by atoms with Gasteiger partial charge in [0.25, 0.3) is 0 Å². The Morgan fingerprint density at radius 2 is 1.90 bits per heavy atom. The van der Waals surface area contributed by atoms with Crippen LogP contribution in [0.25, 0.3) is 0 Å². The highest BCUT2D eigenvalue weighted by atomic mass is 16.8. The highest BCUT2D eigenvalue weighted by Gasteiger charge is 2.49. The van der Waals surface area contributed by atoms with Crippen molar-refractivity contribution in [2.45, 2.75) is 44.6 Å². The molecule has 0 unspecified atom stereocenters. The van der Waals surface area contributed by atoms with Crippen molar-refractivity contribution >= 4 is 0 Å². The highest BCUT2D eigenvalue weighted by molar-refractivity contribution is 5.25. The summed E-state index contributed by atoms with van der Waals surface area (Å²) in [5.41, 5.74) is 2.09. The van der Waals surface area contributed by atoms with Crippen LogP contribution in [0.1, 0.15) is 19.4 Å². The summed E-state index contributed by atoms with van der Waals surface area (Å²) < 4.78 is 17.2. The van der Waals surface area contributed by atoms with Crippen molar-refractivity contribution in [2.24, 2.45) is 0 Å². The molecule has 1 fully saturated rings. The standard InChI is InChI=1S/C16H20O4/c1-16(2)19-14-12(8-13(17)15(14)20-16)10-18-9-11-6-4-3-5-7-11/h3-8,13-15,17H,9-10H2,1-2H3/t13-,14+,15-/m0/s1. The Hall–Kier alpha value is -1.20. The Morgan fingerprint density at radius 3 is 2.65 bits per heavy atom. The number of aliphatic hydroxyl groups is 1. The van der Waals surface area contributed by atoms with E-state index in [0.717, 1.165) is 11.1 Å². The Bertz CT molecular complexity index is 494. The Kier molecular flexibility index (Phi) is 3.65. The van der Waals surface area contributed by atoms with E-state index in [1.165, 1.54) is 0 Å². The van der Waals surface area contributed by atoms with E-state index in [9.17, 15) is 5.11 Å². The third-order valence-electron chi connectivity index (χ3n) is 3.60. The van der Waals surface area contributed by atoms with Gasteiger partial charge in [-0.05, 0) is 31.1 Å². The van der Waals surface area contributed by atoms with Crippen LogP contribution in [-0.4, -0.2) is 35.8 Å². The molecule has 4 heteroatoms. The third kappa shape index (κ3) is 2.79.